The highest BCUT2D eigenvalue weighted by molar-refractivity contribution is 7.92. The van der Waals surface area contributed by atoms with Gasteiger partial charge in [0.15, 0.2) is 0 Å². The van der Waals surface area contributed by atoms with Crippen LogP contribution in [0.25, 0.3) is 0 Å². The second kappa shape index (κ2) is 5.01. The summed E-state index contributed by atoms with van der Waals surface area (Å²) in [7, 11) is -3.65. The SMILES string of the molecule is C=CCN(c1cccc(C(F)(F)F)c1)S(C)(=O)=O. The Balaban J connectivity index is 3.26. The van der Waals surface area contributed by atoms with E-state index in [0.717, 1.165) is 22.7 Å². The highest BCUT2D eigenvalue weighted by Crippen LogP contribution is 2.32. The van der Waals surface area contributed by atoms with Crippen LogP contribution in [0.1, 0.15) is 5.56 Å². The Morgan fingerprint density at radius 2 is 2.00 bits per heavy atom. The minimum atomic E-state index is -4.51. The van der Waals surface area contributed by atoms with Crippen molar-refractivity contribution < 1.29 is 21.6 Å². The Morgan fingerprint density at radius 3 is 2.44 bits per heavy atom. The maximum absolute atomic E-state index is 12.5. The molecule has 0 saturated carbocycles. The summed E-state index contributed by atoms with van der Waals surface area (Å²) in [5.41, 5.74) is -0.926. The van der Waals surface area contributed by atoms with Crippen LogP contribution in [0.5, 0.6) is 0 Å². The maximum Gasteiger partial charge on any atom is 0.416 e. The molecule has 0 aromatic heterocycles. The number of halogens is 3. The Kier molecular flexibility index (Phi) is 4.05. The van der Waals surface area contributed by atoms with Gasteiger partial charge in [-0.3, -0.25) is 4.31 Å². The molecule has 0 aliphatic carbocycles. The van der Waals surface area contributed by atoms with Gasteiger partial charge in [0.2, 0.25) is 10.0 Å². The van der Waals surface area contributed by atoms with Gasteiger partial charge >= 0.3 is 6.18 Å². The van der Waals surface area contributed by atoms with Crippen LogP contribution in [0.3, 0.4) is 0 Å². The molecule has 3 nitrogen and oxygen atoms in total. The maximum atomic E-state index is 12.5. The molecule has 1 aromatic carbocycles. The largest absolute Gasteiger partial charge is 0.416 e. The molecule has 0 heterocycles. The third kappa shape index (κ3) is 3.49. The first-order valence-electron chi connectivity index (χ1n) is 4.92. The summed E-state index contributed by atoms with van der Waals surface area (Å²) in [6.45, 7) is 3.30. The molecule has 18 heavy (non-hydrogen) atoms. The summed E-state index contributed by atoms with van der Waals surface area (Å²) in [4.78, 5) is 0. The van der Waals surface area contributed by atoms with Gasteiger partial charge in [-0.1, -0.05) is 12.1 Å². The monoisotopic (exact) mass is 279 g/mol. The van der Waals surface area contributed by atoms with Crippen molar-refractivity contribution in [1.29, 1.82) is 0 Å². The average molecular weight is 279 g/mol. The Hall–Kier alpha value is -1.50. The van der Waals surface area contributed by atoms with Gasteiger partial charge < -0.3 is 0 Å². The van der Waals surface area contributed by atoms with Crippen LogP contribution < -0.4 is 4.31 Å². The average Bonchev–Trinajstić information content (AvgIpc) is 2.23. The van der Waals surface area contributed by atoms with Crippen molar-refractivity contribution >= 4 is 15.7 Å². The zero-order valence-electron chi connectivity index (χ0n) is 9.61. The molecule has 0 spiro atoms. The number of alkyl halides is 3. The molecule has 0 fully saturated rings. The molecule has 0 aliphatic rings. The van der Waals surface area contributed by atoms with Gasteiger partial charge in [0.1, 0.15) is 0 Å². The minimum Gasteiger partial charge on any atom is -0.267 e. The topological polar surface area (TPSA) is 37.4 Å². The molecule has 0 amide bonds. The summed E-state index contributed by atoms with van der Waals surface area (Å²) in [6.07, 6.45) is -2.27. The van der Waals surface area contributed by atoms with Crippen LogP contribution in [0.15, 0.2) is 36.9 Å². The van der Waals surface area contributed by atoms with Crippen molar-refractivity contribution in [2.75, 3.05) is 17.1 Å². The van der Waals surface area contributed by atoms with Crippen molar-refractivity contribution in [2.24, 2.45) is 0 Å². The van der Waals surface area contributed by atoms with E-state index in [4.69, 9.17) is 0 Å². The highest BCUT2D eigenvalue weighted by atomic mass is 32.2. The first-order valence-corrected chi connectivity index (χ1v) is 6.77. The standard InChI is InChI=1S/C11H12F3NO2S/c1-3-7-15(18(2,16)17)10-6-4-5-9(8-10)11(12,13)14/h3-6,8H,1,7H2,2H3. The fourth-order valence-corrected chi connectivity index (χ4v) is 2.26. The van der Waals surface area contributed by atoms with Gasteiger partial charge in [-0.05, 0) is 18.2 Å². The van der Waals surface area contributed by atoms with Crippen LogP contribution in [0.2, 0.25) is 0 Å². The van der Waals surface area contributed by atoms with Crippen molar-refractivity contribution in [2.45, 2.75) is 6.18 Å². The van der Waals surface area contributed by atoms with Crippen molar-refractivity contribution in [1.82, 2.24) is 0 Å². The smallest absolute Gasteiger partial charge is 0.267 e. The molecule has 100 valence electrons. The Bertz CT molecular complexity index is 537. The Morgan fingerprint density at radius 1 is 1.39 bits per heavy atom. The molecule has 0 N–H and O–H groups in total. The van der Waals surface area contributed by atoms with Crippen LogP contribution in [-0.4, -0.2) is 21.2 Å². The van der Waals surface area contributed by atoms with E-state index < -0.39 is 21.8 Å². The lowest BCUT2D eigenvalue weighted by Crippen LogP contribution is -2.30. The molecule has 0 saturated heterocycles. The summed E-state index contributed by atoms with van der Waals surface area (Å²) >= 11 is 0. The van der Waals surface area contributed by atoms with E-state index in [1.807, 2.05) is 0 Å². The zero-order valence-corrected chi connectivity index (χ0v) is 10.4. The molecule has 1 rings (SSSR count). The van der Waals surface area contributed by atoms with E-state index in [1.165, 1.54) is 18.2 Å². The summed E-state index contributed by atoms with van der Waals surface area (Å²) in [5.74, 6) is 0. The molecule has 7 heteroatoms. The van der Waals surface area contributed by atoms with E-state index in [9.17, 15) is 21.6 Å². The van der Waals surface area contributed by atoms with Gasteiger partial charge in [0.05, 0.1) is 24.1 Å². The summed E-state index contributed by atoms with van der Waals surface area (Å²) < 4.78 is 61.4. The van der Waals surface area contributed by atoms with Gasteiger partial charge in [-0.15, -0.1) is 6.58 Å². The number of nitrogens with zero attached hydrogens (tertiary/aromatic N) is 1. The molecule has 0 bridgehead atoms. The second-order valence-electron chi connectivity index (χ2n) is 3.63. The van der Waals surface area contributed by atoms with E-state index in [-0.39, 0.29) is 12.2 Å². The number of sulfonamides is 1. The van der Waals surface area contributed by atoms with Gasteiger partial charge in [0, 0.05) is 0 Å². The lowest BCUT2D eigenvalue weighted by atomic mass is 10.2. The zero-order chi connectivity index (χ0) is 14.0. The fourth-order valence-electron chi connectivity index (χ4n) is 1.39. The molecule has 0 radical (unpaired) electrons. The van der Waals surface area contributed by atoms with Gasteiger partial charge in [-0.2, -0.15) is 13.2 Å². The lowest BCUT2D eigenvalue weighted by molar-refractivity contribution is -0.137. The summed E-state index contributed by atoms with van der Waals surface area (Å²) in [5, 5.41) is 0. The molecule has 0 atom stereocenters. The predicted molar refractivity (Wildman–Crippen MR) is 63.8 cm³/mol. The van der Waals surface area contributed by atoms with Crippen molar-refractivity contribution in [3.63, 3.8) is 0 Å². The first kappa shape index (κ1) is 14.6. The van der Waals surface area contributed by atoms with Gasteiger partial charge in [0.25, 0.3) is 0 Å². The minimum absolute atomic E-state index is 0.0350. The van der Waals surface area contributed by atoms with Gasteiger partial charge in [-0.25, -0.2) is 8.42 Å². The van der Waals surface area contributed by atoms with Crippen molar-refractivity contribution in [3.8, 4) is 0 Å². The second-order valence-corrected chi connectivity index (χ2v) is 5.54. The molecular formula is C11H12F3NO2S. The van der Waals surface area contributed by atoms with E-state index in [0.29, 0.717) is 0 Å². The highest BCUT2D eigenvalue weighted by Gasteiger charge is 2.31. The van der Waals surface area contributed by atoms with E-state index >= 15 is 0 Å². The van der Waals surface area contributed by atoms with Crippen molar-refractivity contribution in [3.05, 3.63) is 42.5 Å². The third-order valence-corrected chi connectivity index (χ3v) is 3.32. The van der Waals surface area contributed by atoms with Crippen LogP contribution in [0, 0.1) is 0 Å². The number of benzene rings is 1. The fraction of sp³-hybridized carbons (Fsp3) is 0.273. The molecule has 0 unspecified atom stereocenters. The Labute approximate surface area is 104 Å². The predicted octanol–water partition coefficient (Wildman–Crippen LogP) is 2.66. The van der Waals surface area contributed by atoms with E-state index in [1.54, 1.807) is 0 Å². The molecule has 1 aromatic rings. The first-order chi connectivity index (χ1) is 8.16. The van der Waals surface area contributed by atoms with Crippen LogP contribution in [0.4, 0.5) is 18.9 Å². The normalized spacial score (nSPS) is 12.2. The quantitative estimate of drug-likeness (QED) is 0.795. The molecule has 0 aliphatic heterocycles. The summed E-state index contributed by atoms with van der Waals surface area (Å²) in [6, 6.07) is 4.15. The number of hydrogen-bond donors (Lipinski definition) is 0. The van der Waals surface area contributed by atoms with Crippen LogP contribution >= 0.6 is 0 Å². The lowest BCUT2D eigenvalue weighted by Gasteiger charge is -2.21. The number of rotatable bonds is 4. The third-order valence-electron chi connectivity index (χ3n) is 2.16. The van der Waals surface area contributed by atoms with Crippen LogP contribution in [-0.2, 0) is 16.2 Å². The van der Waals surface area contributed by atoms with E-state index in [2.05, 4.69) is 6.58 Å². The molecular weight excluding hydrogens is 267 g/mol. The number of anilines is 1. The number of hydrogen-bond acceptors (Lipinski definition) is 2.